The molecule has 0 radical (unpaired) electrons. The minimum Gasteiger partial charge on any atom is -0.371 e. The topological polar surface area (TPSA) is 38.7 Å². The zero-order valence-electron chi connectivity index (χ0n) is 35.1. The summed E-state index contributed by atoms with van der Waals surface area (Å²) in [6, 6.07) is 42.8. The summed E-state index contributed by atoms with van der Waals surface area (Å²) in [4.78, 5) is 20.2. The molecule has 0 unspecified atom stereocenters. The van der Waals surface area contributed by atoms with Crippen molar-refractivity contribution in [1.82, 2.24) is 19.8 Å². The highest BCUT2D eigenvalue weighted by atomic mass is 35.5. The first-order valence-corrected chi connectivity index (χ1v) is 21.4. The van der Waals surface area contributed by atoms with E-state index in [-0.39, 0.29) is 24.8 Å². The number of fused-ring (bicyclic) bond motifs is 2. The second-order valence-corrected chi connectivity index (χ2v) is 15.7. The summed E-state index contributed by atoms with van der Waals surface area (Å²) >= 11 is 0. The van der Waals surface area contributed by atoms with Crippen LogP contribution in [0, 0.1) is 11.8 Å². The molecule has 4 aromatic carbocycles. The van der Waals surface area contributed by atoms with Crippen molar-refractivity contribution in [3.05, 3.63) is 121 Å². The van der Waals surface area contributed by atoms with E-state index in [0.717, 1.165) is 86.6 Å². The van der Waals surface area contributed by atoms with Crippen LogP contribution in [-0.4, -0.2) is 85.2 Å². The summed E-state index contributed by atoms with van der Waals surface area (Å²) in [6.45, 7) is 20.7. The molecule has 2 aromatic heterocycles. The maximum Gasteiger partial charge on any atom is 0.0730 e. The summed E-state index contributed by atoms with van der Waals surface area (Å²) < 4.78 is 0. The molecule has 308 valence electrons. The predicted octanol–water partition coefficient (Wildman–Crippen LogP) is 11.8. The third kappa shape index (κ3) is 11.1. The van der Waals surface area contributed by atoms with Gasteiger partial charge in [0.15, 0.2) is 0 Å². The van der Waals surface area contributed by atoms with Gasteiger partial charge in [-0.3, -0.25) is 0 Å². The molecule has 6 aromatic rings. The fraction of sp³-hybridized carbons (Fsp3) is 0.400. The monoisotopic (exact) mass is 818 g/mol. The van der Waals surface area contributed by atoms with Gasteiger partial charge in [-0.15, -0.1) is 24.8 Å². The van der Waals surface area contributed by atoms with E-state index >= 15 is 0 Å². The van der Waals surface area contributed by atoms with E-state index in [0.29, 0.717) is 0 Å². The van der Waals surface area contributed by atoms with Gasteiger partial charge in [-0.1, -0.05) is 125 Å². The van der Waals surface area contributed by atoms with Crippen LogP contribution in [0.3, 0.4) is 0 Å². The Morgan fingerprint density at radius 1 is 0.466 bits per heavy atom. The third-order valence-electron chi connectivity index (χ3n) is 12.3. The minimum atomic E-state index is 0. The van der Waals surface area contributed by atoms with Gasteiger partial charge < -0.3 is 19.6 Å². The highest BCUT2D eigenvalue weighted by Gasteiger charge is 2.24. The van der Waals surface area contributed by atoms with Crippen LogP contribution in [0.4, 0.5) is 11.4 Å². The fourth-order valence-corrected chi connectivity index (χ4v) is 8.76. The molecule has 8 rings (SSSR count). The molecule has 0 atom stereocenters. The number of hydrogen-bond acceptors (Lipinski definition) is 6. The highest BCUT2D eigenvalue weighted by molar-refractivity contribution is 5.95. The number of nitrogens with zero attached hydrogens (tertiary/aromatic N) is 6. The number of halogens is 2. The molecular formula is C50H64Cl2N6. The highest BCUT2D eigenvalue weighted by Crippen LogP contribution is 2.35. The summed E-state index contributed by atoms with van der Waals surface area (Å²) in [5, 5.41) is 2.54. The van der Waals surface area contributed by atoms with Gasteiger partial charge in [-0.25, -0.2) is 9.97 Å². The van der Waals surface area contributed by atoms with Gasteiger partial charge in [0.2, 0.25) is 0 Å². The molecule has 2 saturated heterocycles. The lowest BCUT2D eigenvalue weighted by molar-refractivity contribution is 0.229. The quantitative estimate of drug-likeness (QED) is 0.122. The Hall–Kier alpha value is -4.20. The third-order valence-corrected chi connectivity index (χ3v) is 12.3. The van der Waals surface area contributed by atoms with Gasteiger partial charge in [0, 0.05) is 72.5 Å². The summed E-state index contributed by atoms with van der Waals surface area (Å²) in [5.41, 5.74) is 9.36. The van der Waals surface area contributed by atoms with Crippen LogP contribution >= 0.6 is 24.8 Å². The Morgan fingerprint density at radius 2 is 0.793 bits per heavy atom. The molecule has 0 amide bonds. The number of rotatable bonds is 12. The molecule has 0 saturated carbocycles. The second kappa shape index (κ2) is 22.2. The number of benzene rings is 4. The lowest BCUT2D eigenvalue weighted by Crippen LogP contribution is -2.38. The smallest absolute Gasteiger partial charge is 0.0730 e. The van der Waals surface area contributed by atoms with E-state index in [2.05, 4.69) is 169 Å². The Balaban J connectivity index is 0.000000214. The van der Waals surface area contributed by atoms with Crippen molar-refractivity contribution in [1.29, 1.82) is 0 Å². The average Bonchev–Trinajstić information content (AvgIpc) is 3.28. The molecule has 0 aliphatic carbocycles. The van der Waals surface area contributed by atoms with Crippen molar-refractivity contribution < 1.29 is 0 Å². The van der Waals surface area contributed by atoms with E-state index in [9.17, 15) is 0 Å². The SMILES string of the molecule is CCN(CC)CC1CCN(c2cc(-c3ccccc3)nc3ccccc23)CC1.CCN(CC)CC1CCN(c2cc(-c3ccccc3)nc3ccccc23)CC1.Cl.Cl. The summed E-state index contributed by atoms with van der Waals surface area (Å²) in [5.74, 6) is 1.63. The van der Waals surface area contributed by atoms with Crippen molar-refractivity contribution in [3.8, 4) is 22.5 Å². The maximum absolute atomic E-state index is 4.94. The van der Waals surface area contributed by atoms with Crippen LogP contribution in [0.1, 0.15) is 53.4 Å². The Labute approximate surface area is 360 Å². The van der Waals surface area contributed by atoms with Crippen LogP contribution in [-0.2, 0) is 0 Å². The molecule has 0 bridgehead atoms. The van der Waals surface area contributed by atoms with E-state index in [1.54, 1.807) is 0 Å². The Bertz CT molecular complexity index is 1950. The van der Waals surface area contributed by atoms with Gasteiger partial charge in [0.25, 0.3) is 0 Å². The molecule has 58 heavy (non-hydrogen) atoms. The zero-order valence-corrected chi connectivity index (χ0v) is 36.7. The zero-order chi connectivity index (χ0) is 38.7. The van der Waals surface area contributed by atoms with Crippen molar-refractivity contribution in [2.75, 3.05) is 75.2 Å². The number of aromatic nitrogens is 2. The molecule has 2 fully saturated rings. The lowest BCUT2D eigenvalue weighted by Gasteiger charge is -2.36. The fourth-order valence-electron chi connectivity index (χ4n) is 8.76. The number of pyridine rings is 2. The van der Waals surface area contributed by atoms with Crippen molar-refractivity contribution in [2.45, 2.75) is 53.4 Å². The van der Waals surface area contributed by atoms with Crippen LogP contribution in [0.25, 0.3) is 44.3 Å². The molecule has 0 N–H and O–H groups in total. The Morgan fingerprint density at radius 3 is 1.14 bits per heavy atom. The average molecular weight is 820 g/mol. The van der Waals surface area contributed by atoms with E-state index < -0.39 is 0 Å². The predicted molar refractivity (Wildman–Crippen MR) is 254 cm³/mol. The number of piperidine rings is 2. The molecule has 2 aliphatic heterocycles. The second-order valence-electron chi connectivity index (χ2n) is 15.7. The normalized spacial score (nSPS) is 14.9. The first-order chi connectivity index (χ1) is 27.6. The molecule has 8 heteroatoms. The molecule has 6 nitrogen and oxygen atoms in total. The van der Waals surface area contributed by atoms with Gasteiger partial charge in [-0.2, -0.15) is 0 Å². The summed E-state index contributed by atoms with van der Waals surface area (Å²) in [6.07, 6.45) is 5.09. The molecule has 0 spiro atoms. The van der Waals surface area contributed by atoms with Crippen molar-refractivity contribution in [2.24, 2.45) is 11.8 Å². The van der Waals surface area contributed by atoms with Gasteiger partial charge in [-0.05, 0) is 88.0 Å². The number of hydrogen-bond donors (Lipinski definition) is 0. The molecule has 2 aliphatic rings. The van der Waals surface area contributed by atoms with Crippen molar-refractivity contribution in [3.63, 3.8) is 0 Å². The van der Waals surface area contributed by atoms with E-state index in [1.807, 2.05) is 0 Å². The van der Waals surface area contributed by atoms with Gasteiger partial charge in [0.1, 0.15) is 0 Å². The first kappa shape index (κ1) is 44.9. The van der Waals surface area contributed by atoms with Gasteiger partial charge >= 0.3 is 0 Å². The van der Waals surface area contributed by atoms with Crippen molar-refractivity contribution >= 4 is 58.0 Å². The maximum atomic E-state index is 4.94. The van der Waals surface area contributed by atoms with Crippen LogP contribution in [0.5, 0.6) is 0 Å². The largest absolute Gasteiger partial charge is 0.371 e. The van der Waals surface area contributed by atoms with Crippen LogP contribution in [0.15, 0.2) is 121 Å². The van der Waals surface area contributed by atoms with E-state index in [4.69, 9.17) is 9.97 Å². The van der Waals surface area contributed by atoms with Crippen LogP contribution in [0.2, 0.25) is 0 Å². The van der Waals surface area contributed by atoms with Crippen LogP contribution < -0.4 is 9.80 Å². The number of para-hydroxylation sites is 2. The Kier molecular flexibility index (Phi) is 17.2. The molecular weight excluding hydrogens is 755 g/mol. The number of anilines is 2. The first-order valence-electron chi connectivity index (χ1n) is 21.4. The lowest BCUT2D eigenvalue weighted by atomic mass is 9.95. The minimum absolute atomic E-state index is 0. The standard InChI is InChI=1S/2C25H31N3.2ClH/c2*1-3-27(4-2)19-20-14-16-28(17-15-20)25-18-24(21-10-6-5-7-11-21)26-23-13-9-8-12-22(23)25;;/h2*5-13,18,20H,3-4,14-17,19H2,1-2H3;2*1H. The molecule has 4 heterocycles. The van der Waals surface area contributed by atoms with E-state index in [1.165, 1.54) is 72.0 Å². The summed E-state index contributed by atoms with van der Waals surface area (Å²) in [7, 11) is 0. The van der Waals surface area contributed by atoms with Gasteiger partial charge in [0.05, 0.1) is 22.4 Å².